The Bertz CT molecular complexity index is 454. The molecule has 76 valence electrons. The van der Waals surface area contributed by atoms with E-state index in [9.17, 15) is 0 Å². The van der Waals surface area contributed by atoms with Crippen LogP contribution < -0.4 is 0 Å². The molecule has 2 aromatic heterocycles. The van der Waals surface area contributed by atoms with Crippen molar-refractivity contribution >= 4 is 23.2 Å². The first-order valence-electron chi connectivity index (χ1n) is 4.46. The fourth-order valence-corrected chi connectivity index (χ4v) is 1.56. The largest absolute Gasteiger partial charge is 0.244 e. The number of pyridine rings is 2. The first-order chi connectivity index (χ1) is 7.24. The molecule has 0 amide bonds. The summed E-state index contributed by atoms with van der Waals surface area (Å²) in [5.74, 6) is 0. The summed E-state index contributed by atoms with van der Waals surface area (Å²) >= 11 is 11.5. The molecular formula is C11H8Cl2N2. The average Bonchev–Trinajstić information content (AvgIpc) is 2.22. The van der Waals surface area contributed by atoms with E-state index in [1.165, 1.54) is 0 Å². The Kier molecular flexibility index (Phi) is 3.19. The number of nitrogens with zero attached hydrogens (tertiary/aromatic N) is 2. The minimum Gasteiger partial charge on any atom is -0.244 e. The molecule has 15 heavy (non-hydrogen) atoms. The van der Waals surface area contributed by atoms with Crippen molar-refractivity contribution < 1.29 is 0 Å². The molecule has 0 spiro atoms. The molecule has 0 radical (unpaired) electrons. The van der Waals surface area contributed by atoms with E-state index in [0.29, 0.717) is 16.7 Å². The monoisotopic (exact) mass is 238 g/mol. The lowest BCUT2D eigenvalue weighted by Gasteiger charge is -2.00. The van der Waals surface area contributed by atoms with Gasteiger partial charge in [-0.3, -0.25) is 0 Å². The van der Waals surface area contributed by atoms with Crippen molar-refractivity contribution in [2.24, 2.45) is 0 Å². The summed E-state index contributed by atoms with van der Waals surface area (Å²) in [5, 5.41) is 1.01. The Labute approximate surface area is 97.9 Å². The van der Waals surface area contributed by atoms with Crippen molar-refractivity contribution in [2.45, 2.75) is 6.42 Å². The molecule has 0 aliphatic heterocycles. The van der Waals surface area contributed by atoms with Gasteiger partial charge in [-0.25, -0.2) is 9.97 Å². The van der Waals surface area contributed by atoms with Gasteiger partial charge in [-0.05, 0) is 23.8 Å². The molecule has 0 aromatic carbocycles. The molecule has 0 fully saturated rings. The van der Waals surface area contributed by atoms with Crippen LogP contribution in [-0.4, -0.2) is 9.97 Å². The van der Waals surface area contributed by atoms with Crippen LogP contribution in [-0.2, 0) is 6.42 Å². The van der Waals surface area contributed by atoms with Crippen molar-refractivity contribution in [3.05, 3.63) is 58.1 Å². The number of hydrogen-bond donors (Lipinski definition) is 0. The van der Waals surface area contributed by atoms with Crippen LogP contribution in [0.1, 0.15) is 11.3 Å². The summed E-state index contributed by atoms with van der Waals surface area (Å²) in [6, 6.07) is 9.26. The standard InChI is InChI=1S/C11H8Cl2N2/c12-10-5-4-8(7-14-10)6-9-2-1-3-11(13)15-9/h1-5,7H,6H2. The zero-order valence-corrected chi connectivity index (χ0v) is 9.33. The normalized spacial score (nSPS) is 10.3. The van der Waals surface area contributed by atoms with Crippen LogP contribution in [0.15, 0.2) is 36.5 Å². The first-order valence-corrected chi connectivity index (χ1v) is 5.21. The predicted molar refractivity (Wildman–Crippen MR) is 61.3 cm³/mol. The molecule has 2 heterocycles. The van der Waals surface area contributed by atoms with Crippen LogP contribution in [0.4, 0.5) is 0 Å². The Morgan fingerprint density at radius 1 is 1.00 bits per heavy atom. The molecule has 0 atom stereocenters. The second kappa shape index (κ2) is 4.60. The van der Waals surface area contributed by atoms with Crippen molar-refractivity contribution in [3.63, 3.8) is 0 Å². The summed E-state index contributed by atoms with van der Waals surface area (Å²) < 4.78 is 0. The highest BCUT2D eigenvalue weighted by Gasteiger charge is 1.99. The number of hydrogen-bond acceptors (Lipinski definition) is 2. The molecule has 0 saturated carbocycles. The number of rotatable bonds is 2. The topological polar surface area (TPSA) is 25.8 Å². The van der Waals surface area contributed by atoms with E-state index in [0.717, 1.165) is 11.3 Å². The van der Waals surface area contributed by atoms with Crippen molar-refractivity contribution in [2.75, 3.05) is 0 Å². The van der Waals surface area contributed by atoms with E-state index in [1.54, 1.807) is 18.3 Å². The second-order valence-corrected chi connectivity index (χ2v) is 3.89. The van der Waals surface area contributed by atoms with Crippen LogP contribution in [0, 0.1) is 0 Å². The maximum Gasteiger partial charge on any atom is 0.129 e. The van der Waals surface area contributed by atoms with Crippen LogP contribution in [0.5, 0.6) is 0 Å². The fourth-order valence-electron chi connectivity index (χ4n) is 1.27. The van der Waals surface area contributed by atoms with Gasteiger partial charge in [0.05, 0.1) is 0 Å². The van der Waals surface area contributed by atoms with Crippen LogP contribution in [0.3, 0.4) is 0 Å². The molecule has 2 aromatic rings. The van der Waals surface area contributed by atoms with E-state index in [-0.39, 0.29) is 0 Å². The second-order valence-electron chi connectivity index (χ2n) is 3.12. The molecule has 0 saturated heterocycles. The van der Waals surface area contributed by atoms with E-state index in [2.05, 4.69) is 9.97 Å². The maximum absolute atomic E-state index is 5.79. The Morgan fingerprint density at radius 2 is 1.87 bits per heavy atom. The third-order valence-electron chi connectivity index (χ3n) is 1.95. The van der Waals surface area contributed by atoms with Crippen molar-refractivity contribution in [1.29, 1.82) is 0 Å². The molecule has 4 heteroatoms. The molecule has 0 aliphatic rings. The van der Waals surface area contributed by atoms with Gasteiger partial charge in [0.25, 0.3) is 0 Å². The van der Waals surface area contributed by atoms with Gasteiger partial charge in [0, 0.05) is 18.3 Å². The van der Waals surface area contributed by atoms with Crippen LogP contribution in [0.2, 0.25) is 10.3 Å². The minimum absolute atomic E-state index is 0.498. The fraction of sp³-hybridized carbons (Fsp3) is 0.0909. The SMILES string of the molecule is Clc1ccc(Cc2cccc(Cl)n2)cn1. The zero-order valence-electron chi connectivity index (χ0n) is 7.82. The molecule has 0 bridgehead atoms. The van der Waals surface area contributed by atoms with Gasteiger partial charge >= 0.3 is 0 Å². The van der Waals surface area contributed by atoms with Crippen LogP contribution >= 0.6 is 23.2 Å². The highest BCUT2D eigenvalue weighted by molar-refractivity contribution is 6.29. The Balaban J connectivity index is 2.18. The summed E-state index contributed by atoms with van der Waals surface area (Å²) in [6.45, 7) is 0. The molecule has 2 nitrogen and oxygen atoms in total. The van der Waals surface area contributed by atoms with E-state index in [1.807, 2.05) is 18.2 Å². The van der Waals surface area contributed by atoms with Gasteiger partial charge in [0.1, 0.15) is 10.3 Å². The smallest absolute Gasteiger partial charge is 0.129 e. The molecular weight excluding hydrogens is 231 g/mol. The van der Waals surface area contributed by atoms with E-state index < -0.39 is 0 Å². The van der Waals surface area contributed by atoms with Gasteiger partial charge in [0.2, 0.25) is 0 Å². The molecule has 0 unspecified atom stereocenters. The quantitative estimate of drug-likeness (QED) is 0.751. The highest BCUT2D eigenvalue weighted by Crippen LogP contribution is 2.11. The number of halogens is 2. The lowest BCUT2D eigenvalue weighted by atomic mass is 10.1. The summed E-state index contributed by atoms with van der Waals surface area (Å²) in [5.41, 5.74) is 1.99. The van der Waals surface area contributed by atoms with Crippen molar-refractivity contribution in [3.8, 4) is 0 Å². The van der Waals surface area contributed by atoms with Crippen molar-refractivity contribution in [1.82, 2.24) is 9.97 Å². The Morgan fingerprint density at radius 3 is 2.53 bits per heavy atom. The minimum atomic E-state index is 0.498. The van der Waals surface area contributed by atoms with Gasteiger partial charge in [0.15, 0.2) is 0 Å². The predicted octanol–water partition coefficient (Wildman–Crippen LogP) is 3.37. The lowest BCUT2D eigenvalue weighted by molar-refractivity contribution is 1.06. The zero-order chi connectivity index (χ0) is 10.7. The van der Waals surface area contributed by atoms with Crippen LogP contribution in [0.25, 0.3) is 0 Å². The molecule has 0 aliphatic carbocycles. The number of aromatic nitrogens is 2. The lowest BCUT2D eigenvalue weighted by Crippen LogP contribution is -1.92. The molecule has 2 rings (SSSR count). The maximum atomic E-state index is 5.79. The van der Waals surface area contributed by atoms with E-state index >= 15 is 0 Å². The third kappa shape index (κ3) is 2.91. The van der Waals surface area contributed by atoms with Gasteiger partial charge in [-0.2, -0.15) is 0 Å². The van der Waals surface area contributed by atoms with E-state index in [4.69, 9.17) is 23.2 Å². The average molecular weight is 239 g/mol. The first kappa shape index (κ1) is 10.4. The summed E-state index contributed by atoms with van der Waals surface area (Å²) in [4.78, 5) is 8.20. The summed E-state index contributed by atoms with van der Waals surface area (Å²) in [6.07, 6.45) is 2.45. The van der Waals surface area contributed by atoms with Gasteiger partial charge < -0.3 is 0 Å². The Hall–Kier alpha value is -1.12. The summed E-state index contributed by atoms with van der Waals surface area (Å²) in [7, 11) is 0. The highest BCUT2D eigenvalue weighted by atomic mass is 35.5. The van der Waals surface area contributed by atoms with Gasteiger partial charge in [-0.15, -0.1) is 0 Å². The van der Waals surface area contributed by atoms with Gasteiger partial charge in [-0.1, -0.05) is 35.3 Å². The third-order valence-corrected chi connectivity index (χ3v) is 2.38. The molecule has 0 N–H and O–H groups in total.